The lowest BCUT2D eigenvalue weighted by molar-refractivity contribution is 0.668. The molecular weight excluding hydrogens is 663 g/mol. The maximum absolute atomic E-state index is 6.63. The van der Waals surface area contributed by atoms with Crippen molar-refractivity contribution in [2.24, 2.45) is 9.98 Å². The molecule has 4 nitrogen and oxygen atoms in total. The second-order valence-electron chi connectivity index (χ2n) is 12.9. The van der Waals surface area contributed by atoms with Gasteiger partial charge in [-0.1, -0.05) is 121 Å². The second-order valence-corrected chi connectivity index (χ2v) is 15.0. The smallest absolute Gasteiger partial charge is 0.160 e. The number of rotatable bonds is 4. The number of benzene rings is 7. The van der Waals surface area contributed by atoms with Crippen LogP contribution in [-0.2, 0) is 0 Å². The summed E-state index contributed by atoms with van der Waals surface area (Å²) in [4.78, 5) is 10.7. The number of aliphatic imine (C=N–C) groups is 2. The number of thiophene rings is 2. The van der Waals surface area contributed by atoms with Crippen LogP contribution in [0.1, 0.15) is 22.9 Å². The summed E-state index contributed by atoms with van der Waals surface area (Å²) < 4.78 is 11.7. The number of nitrogens with one attached hydrogen (secondary N) is 1. The summed E-state index contributed by atoms with van der Waals surface area (Å²) in [5.41, 5.74) is 7.13. The molecule has 0 fully saturated rings. The number of furan rings is 1. The quantitative estimate of drug-likeness (QED) is 0.200. The highest BCUT2D eigenvalue weighted by molar-refractivity contribution is 7.26. The minimum Gasteiger partial charge on any atom is -0.456 e. The minimum atomic E-state index is -0.325. The molecule has 10 aromatic rings. The molecule has 6 heteroatoms. The largest absolute Gasteiger partial charge is 0.456 e. The van der Waals surface area contributed by atoms with Crippen molar-refractivity contribution in [3.05, 3.63) is 168 Å². The van der Waals surface area contributed by atoms with Crippen LogP contribution in [0.5, 0.6) is 0 Å². The lowest BCUT2D eigenvalue weighted by Gasteiger charge is -2.24. The molecule has 3 aromatic heterocycles. The Bertz CT molecular complexity index is 3070. The molecule has 1 aliphatic heterocycles. The van der Waals surface area contributed by atoms with E-state index in [2.05, 4.69) is 151 Å². The van der Waals surface area contributed by atoms with Crippen molar-refractivity contribution >= 4 is 96.6 Å². The molecule has 0 spiro atoms. The van der Waals surface area contributed by atoms with E-state index in [1.54, 1.807) is 0 Å². The number of hydrogen-bond donors (Lipinski definition) is 1. The van der Waals surface area contributed by atoms with Crippen molar-refractivity contribution in [3.63, 3.8) is 0 Å². The third kappa shape index (κ3) is 4.43. The zero-order valence-electron chi connectivity index (χ0n) is 27.1. The summed E-state index contributed by atoms with van der Waals surface area (Å²) in [7, 11) is 0. The van der Waals surface area contributed by atoms with E-state index >= 15 is 0 Å². The van der Waals surface area contributed by atoms with Crippen molar-refractivity contribution in [1.29, 1.82) is 0 Å². The van der Waals surface area contributed by atoms with Crippen LogP contribution in [0, 0.1) is 0 Å². The Balaban J connectivity index is 1.17. The van der Waals surface area contributed by atoms with Crippen molar-refractivity contribution < 1.29 is 4.42 Å². The highest BCUT2D eigenvalue weighted by Gasteiger charge is 2.26. The van der Waals surface area contributed by atoms with Gasteiger partial charge in [0.2, 0.25) is 0 Å². The molecule has 7 aromatic carbocycles. The lowest BCUT2D eigenvalue weighted by Crippen LogP contribution is -2.33. The molecule has 0 amide bonds. The Morgan fingerprint density at radius 2 is 1.08 bits per heavy atom. The van der Waals surface area contributed by atoms with Crippen LogP contribution >= 0.6 is 22.7 Å². The monoisotopic (exact) mass is 689 g/mol. The van der Waals surface area contributed by atoms with Gasteiger partial charge in [0.05, 0.1) is 0 Å². The molecule has 240 valence electrons. The van der Waals surface area contributed by atoms with Gasteiger partial charge < -0.3 is 9.73 Å². The van der Waals surface area contributed by atoms with Gasteiger partial charge in [-0.05, 0) is 41.5 Å². The number of hydrogen-bond acceptors (Lipinski definition) is 6. The van der Waals surface area contributed by atoms with Gasteiger partial charge in [0, 0.05) is 67.8 Å². The van der Waals surface area contributed by atoms with Gasteiger partial charge in [0.15, 0.2) is 5.84 Å². The Morgan fingerprint density at radius 1 is 0.471 bits per heavy atom. The van der Waals surface area contributed by atoms with Crippen molar-refractivity contribution in [2.45, 2.75) is 6.17 Å². The summed E-state index contributed by atoms with van der Waals surface area (Å²) in [6.45, 7) is 0. The zero-order chi connectivity index (χ0) is 33.5. The first-order valence-corrected chi connectivity index (χ1v) is 18.7. The van der Waals surface area contributed by atoms with Crippen LogP contribution in [0.25, 0.3) is 73.4 Å². The highest BCUT2D eigenvalue weighted by atomic mass is 32.1. The van der Waals surface area contributed by atoms with Gasteiger partial charge in [-0.2, -0.15) is 0 Å². The predicted octanol–water partition coefficient (Wildman–Crippen LogP) is 12.5. The molecule has 0 radical (unpaired) electrons. The molecule has 1 unspecified atom stereocenters. The fourth-order valence-corrected chi connectivity index (χ4v) is 10.1. The van der Waals surface area contributed by atoms with Crippen molar-refractivity contribution in [2.75, 3.05) is 0 Å². The summed E-state index contributed by atoms with van der Waals surface area (Å²) in [5, 5.41) is 10.9. The average Bonchev–Trinajstić information content (AvgIpc) is 3.89. The standard InChI is InChI=1S/C45H27N3OS2/c1-2-12-26(13-3-1)43-46-44(32-20-11-25-38-39(32)31-15-5-7-24-37(31)50-38)48-45(47-43)33-19-10-22-35-41(33)40-28(16-9-21-34(40)49-35)30-18-8-17-29-27-14-4-6-23-36(27)51-42(29)30/h1-25,43H,(H,46,47,48). The van der Waals surface area contributed by atoms with Gasteiger partial charge in [-0.15, -0.1) is 22.7 Å². The van der Waals surface area contributed by atoms with Gasteiger partial charge in [-0.3, -0.25) is 0 Å². The Morgan fingerprint density at radius 3 is 1.92 bits per heavy atom. The zero-order valence-corrected chi connectivity index (χ0v) is 28.8. The summed E-state index contributed by atoms with van der Waals surface area (Å²) >= 11 is 3.66. The van der Waals surface area contributed by atoms with Crippen LogP contribution in [-0.4, -0.2) is 11.7 Å². The topological polar surface area (TPSA) is 49.9 Å². The van der Waals surface area contributed by atoms with E-state index in [1.807, 2.05) is 28.7 Å². The van der Waals surface area contributed by atoms with E-state index in [4.69, 9.17) is 14.4 Å². The van der Waals surface area contributed by atoms with E-state index in [-0.39, 0.29) is 6.17 Å². The molecule has 1 N–H and O–H groups in total. The Hall–Kier alpha value is -6.08. The fourth-order valence-electron chi connectivity index (χ4n) is 7.72. The third-order valence-electron chi connectivity index (χ3n) is 9.97. The molecule has 0 aliphatic carbocycles. The van der Waals surface area contributed by atoms with Crippen LogP contribution < -0.4 is 5.32 Å². The first-order chi connectivity index (χ1) is 25.3. The van der Waals surface area contributed by atoms with Crippen molar-refractivity contribution in [3.8, 4) is 11.1 Å². The van der Waals surface area contributed by atoms with Gasteiger partial charge >= 0.3 is 0 Å². The number of nitrogens with zero attached hydrogens (tertiary/aromatic N) is 2. The normalized spacial score (nSPS) is 14.9. The van der Waals surface area contributed by atoms with E-state index < -0.39 is 0 Å². The Labute approximate surface area is 300 Å². The van der Waals surface area contributed by atoms with Gasteiger partial charge in [0.25, 0.3) is 0 Å². The summed E-state index contributed by atoms with van der Waals surface area (Å²) in [6.07, 6.45) is -0.325. The third-order valence-corrected chi connectivity index (χ3v) is 12.3. The molecule has 1 aliphatic rings. The number of amidine groups is 2. The van der Waals surface area contributed by atoms with E-state index in [9.17, 15) is 0 Å². The van der Waals surface area contributed by atoms with Gasteiger partial charge in [0.1, 0.15) is 23.2 Å². The molecule has 0 saturated carbocycles. The fraction of sp³-hybridized carbons (Fsp3) is 0.0222. The van der Waals surface area contributed by atoms with E-state index in [1.165, 1.54) is 45.9 Å². The molecular formula is C45H27N3OS2. The van der Waals surface area contributed by atoms with Crippen LogP contribution in [0.2, 0.25) is 0 Å². The van der Waals surface area contributed by atoms with Crippen LogP contribution in [0.3, 0.4) is 0 Å². The van der Waals surface area contributed by atoms with E-state index in [0.29, 0.717) is 5.84 Å². The Kier molecular flexibility index (Phi) is 6.32. The van der Waals surface area contributed by atoms with Crippen LogP contribution in [0.4, 0.5) is 0 Å². The maximum Gasteiger partial charge on any atom is 0.160 e. The average molecular weight is 690 g/mol. The predicted molar refractivity (Wildman–Crippen MR) is 217 cm³/mol. The number of fused-ring (bicyclic) bond motifs is 9. The second kappa shape index (κ2) is 11.2. The molecule has 0 saturated heterocycles. The highest BCUT2D eigenvalue weighted by Crippen LogP contribution is 2.45. The molecule has 51 heavy (non-hydrogen) atoms. The summed E-state index contributed by atoms with van der Waals surface area (Å²) in [5.74, 6) is 1.49. The molecule has 0 bridgehead atoms. The first kappa shape index (κ1) is 28.7. The lowest BCUT2D eigenvalue weighted by atomic mass is 9.95. The molecule has 1 atom stereocenters. The molecule has 4 heterocycles. The maximum atomic E-state index is 6.63. The molecule has 11 rings (SSSR count). The first-order valence-electron chi connectivity index (χ1n) is 17.0. The van der Waals surface area contributed by atoms with E-state index in [0.717, 1.165) is 50.0 Å². The summed E-state index contributed by atoms with van der Waals surface area (Å²) in [6, 6.07) is 53.5. The van der Waals surface area contributed by atoms with Crippen molar-refractivity contribution in [1.82, 2.24) is 5.32 Å². The minimum absolute atomic E-state index is 0.325. The van der Waals surface area contributed by atoms with Crippen LogP contribution in [0.15, 0.2) is 166 Å². The van der Waals surface area contributed by atoms with Gasteiger partial charge in [-0.25, -0.2) is 9.98 Å². The SMILES string of the molecule is c1ccc(C2N=C(c3cccc4sc5ccccc5c34)N=C(c3cccc4oc5cccc(-c6cccc7c6sc6ccccc67)c5c34)N2)cc1.